The molecule has 0 saturated carbocycles. The summed E-state index contributed by atoms with van der Waals surface area (Å²) in [6, 6.07) is 11.2. The molecule has 0 radical (unpaired) electrons. The number of hydrogen-bond acceptors (Lipinski definition) is 3. The summed E-state index contributed by atoms with van der Waals surface area (Å²) in [5, 5.41) is 4.08. The Morgan fingerprint density at radius 2 is 1.89 bits per heavy atom. The Kier molecular flexibility index (Phi) is 5.30. The lowest BCUT2D eigenvalue weighted by Gasteiger charge is -2.13. The number of nitrogens with one attached hydrogen (secondary N) is 1. The number of nitrogens with zero attached hydrogens (tertiary/aromatic N) is 1. The summed E-state index contributed by atoms with van der Waals surface area (Å²) in [7, 11) is 0. The van der Waals surface area contributed by atoms with E-state index in [1.54, 1.807) is 23.5 Å². The fourth-order valence-electron chi connectivity index (χ4n) is 3.73. The Morgan fingerprint density at radius 3 is 2.68 bits per heavy atom. The standard InChI is InChI=1S/C22H23N3O2S/c23-20(26)16-7-5-6-15(14-16)10-11-24-21(27)19-17-8-1-2-9-18(17)28-22(19)25-12-3-4-13-25/h3-7,12-14H,1-2,8-11H2,(H2,23,26)(H,24,27). The fourth-order valence-corrected chi connectivity index (χ4v) is 5.08. The molecule has 2 aromatic heterocycles. The highest BCUT2D eigenvalue weighted by Gasteiger charge is 2.25. The summed E-state index contributed by atoms with van der Waals surface area (Å²) in [4.78, 5) is 25.7. The van der Waals surface area contributed by atoms with Gasteiger partial charge >= 0.3 is 0 Å². The summed E-state index contributed by atoms with van der Waals surface area (Å²) >= 11 is 1.73. The van der Waals surface area contributed by atoms with E-state index in [-0.39, 0.29) is 5.91 Å². The van der Waals surface area contributed by atoms with Crippen LogP contribution in [0, 0.1) is 0 Å². The molecule has 1 aliphatic rings. The number of amides is 2. The Balaban J connectivity index is 1.51. The van der Waals surface area contributed by atoms with E-state index in [4.69, 9.17) is 5.73 Å². The number of rotatable bonds is 6. The second kappa shape index (κ2) is 8.02. The molecule has 0 bridgehead atoms. The van der Waals surface area contributed by atoms with E-state index in [1.807, 2.05) is 41.2 Å². The molecule has 1 aromatic carbocycles. The largest absolute Gasteiger partial charge is 0.366 e. The lowest BCUT2D eigenvalue weighted by atomic mass is 9.95. The highest BCUT2D eigenvalue weighted by molar-refractivity contribution is 7.15. The zero-order valence-electron chi connectivity index (χ0n) is 15.6. The van der Waals surface area contributed by atoms with Gasteiger partial charge in [-0.05, 0) is 67.5 Å². The summed E-state index contributed by atoms with van der Waals surface area (Å²) in [6.07, 6.45) is 8.98. The van der Waals surface area contributed by atoms with Gasteiger partial charge in [-0.15, -0.1) is 11.3 Å². The van der Waals surface area contributed by atoms with Crippen molar-refractivity contribution in [3.8, 4) is 5.00 Å². The van der Waals surface area contributed by atoms with Gasteiger partial charge in [0.1, 0.15) is 5.00 Å². The van der Waals surface area contributed by atoms with Gasteiger partial charge in [-0.2, -0.15) is 0 Å². The number of hydrogen-bond donors (Lipinski definition) is 2. The zero-order valence-corrected chi connectivity index (χ0v) is 16.4. The first-order chi connectivity index (χ1) is 13.6. The molecule has 3 aromatic rings. The van der Waals surface area contributed by atoms with Crippen LogP contribution in [0.1, 0.15) is 49.6 Å². The molecular weight excluding hydrogens is 370 g/mol. The van der Waals surface area contributed by atoms with E-state index in [0.717, 1.165) is 35.4 Å². The molecule has 1 aliphatic carbocycles. The van der Waals surface area contributed by atoms with Crippen molar-refractivity contribution in [3.05, 3.63) is 75.9 Å². The molecule has 2 heterocycles. The normalized spacial score (nSPS) is 13.1. The number of carbonyl (C=O) groups is 2. The molecule has 0 unspecified atom stereocenters. The highest BCUT2D eigenvalue weighted by Crippen LogP contribution is 2.36. The van der Waals surface area contributed by atoms with Crippen molar-refractivity contribution in [1.29, 1.82) is 0 Å². The van der Waals surface area contributed by atoms with E-state index < -0.39 is 5.91 Å². The van der Waals surface area contributed by atoms with Crippen molar-refractivity contribution in [1.82, 2.24) is 9.88 Å². The van der Waals surface area contributed by atoms with Gasteiger partial charge in [0, 0.05) is 29.4 Å². The molecule has 2 amide bonds. The number of aryl methyl sites for hydroxylation is 1. The van der Waals surface area contributed by atoms with Crippen LogP contribution in [0.5, 0.6) is 0 Å². The maximum Gasteiger partial charge on any atom is 0.254 e. The summed E-state index contributed by atoms with van der Waals surface area (Å²) < 4.78 is 2.04. The van der Waals surface area contributed by atoms with Crippen molar-refractivity contribution in [2.45, 2.75) is 32.1 Å². The van der Waals surface area contributed by atoms with Crippen LogP contribution >= 0.6 is 11.3 Å². The van der Waals surface area contributed by atoms with Crippen LogP contribution in [0.15, 0.2) is 48.8 Å². The lowest BCUT2D eigenvalue weighted by Crippen LogP contribution is -2.27. The maximum absolute atomic E-state index is 13.1. The predicted molar refractivity (Wildman–Crippen MR) is 111 cm³/mol. The SMILES string of the molecule is NC(=O)c1cccc(CCNC(=O)c2c(-n3cccc3)sc3c2CCCC3)c1. The van der Waals surface area contributed by atoms with Crippen LogP contribution in [0.25, 0.3) is 5.00 Å². The average Bonchev–Trinajstić information content (AvgIpc) is 3.35. The quantitative estimate of drug-likeness (QED) is 0.672. The first-order valence-electron chi connectivity index (χ1n) is 9.58. The van der Waals surface area contributed by atoms with Crippen molar-refractivity contribution < 1.29 is 9.59 Å². The molecule has 0 spiro atoms. The molecule has 0 atom stereocenters. The highest BCUT2D eigenvalue weighted by atomic mass is 32.1. The number of aromatic nitrogens is 1. The fraction of sp³-hybridized carbons (Fsp3) is 0.273. The molecule has 28 heavy (non-hydrogen) atoms. The van der Waals surface area contributed by atoms with E-state index in [2.05, 4.69) is 5.32 Å². The van der Waals surface area contributed by atoms with Crippen LogP contribution in [0.3, 0.4) is 0 Å². The van der Waals surface area contributed by atoms with E-state index >= 15 is 0 Å². The second-order valence-electron chi connectivity index (χ2n) is 7.05. The van der Waals surface area contributed by atoms with Crippen LogP contribution in [-0.4, -0.2) is 22.9 Å². The van der Waals surface area contributed by atoms with Gasteiger partial charge < -0.3 is 15.6 Å². The van der Waals surface area contributed by atoms with Crippen molar-refractivity contribution >= 4 is 23.2 Å². The first-order valence-corrected chi connectivity index (χ1v) is 10.4. The molecule has 0 fully saturated rings. The van der Waals surface area contributed by atoms with Gasteiger partial charge in [-0.1, -0.05) is 12.1 Å². The lowest BCUT2D eigenvalue weighted by molar-refractivity contribution is 0.0951. The topological polar surface area (TPSA) is 77.1 Å². The van der Waals surface area contributed by atoms with Gasteiger partial charge in [0.2, 0.25) is 5.91 Å². The Hall–Kier alpha value is -2.86. The molecule has 144 valence electrons. The summed E-state index contributed by atoms with van der Waals surface area (Å²) in [5.74, 6) is -0.457. The van der Waals surface area contributed by atoms with Gasteiger partial charge in [0.05, 0.1) is 5.56 Å². The van der Waals surface area contributed by atoms with E-state index in [9.17, 15) is 9.59 Å². The van der Waals surface area contributed by atoms with Crippen molar-refractivity contribution in [3.63, 3.8) is 0 Å². The Morgan fingerprint density at radius 1 is 1.11 bits per heavy atom. The zero-order chi connectivity index (χ0) is 19.5. The van der Waals surface area contributed by atoms with Gasteiger partial charge in [0.15, 0.2) is 0 Å². The van der Waals surface area contributed by atoms with Gasteiger partial charge in [-0.25, -0.2) is 0 Å². The summed E-state index contributed by atoms with van der Waals surface area (Å²) in [5.41, 5.74) is 8.85. The van der Waals surface area contributed by atoms with Crippen LogP contribution in [0.2, 0.25) is 0 Å². The third-order valence-electron chi connectivity index (χ3n) is 5.13. The number of benzene rings is 1. The molecule has 4 rings (SSSR count). The van der Waals surface area contributed by atoms with E-state index in [0.29, 0.717) is 18.5 Å². The minimum Gasteiger partial charge on any atom is -0.366 e. The van der Waals surface area contributed by atoms with Gasteiger partial charge in [-0.3, -0.25) is 9.59 Å². The van der Waals surface area contributed by atoms with E-state index in [1.165, 1.54) is 16.9 Å². The van der Waals surface area contributed by atoms with Crippen LogP contribution < -0.4 is 11.1 Å². The first kappa shape index (κ1) is 18.5. The molecular formula is C22H23N3O2S. The minimum atomic E-state index is -0.438. The molecule has 5 nitrogen and oxygen atoms in total. The average molecular weight is 394 g/mol. The molecule has 0 aliphatic heterocycles. The summed E-state index contributed by atoms with van der Waals surface area (Å²) in [6.45, 7) is 0.511. The number of nitrogens with two attached hydrogens (primary N) is 1. The molecule has 0 saturated heterocycles. The number of fused-ring (bicyclic) bond motifs is 1. The maximum atomic E-state index is 13.1. The Bertz CT molecular complexity index is 1000. The van der Waals surface area contributed by atoms with Gasteiger partial charge in [0.25, 0.3) is 5.91 Å². The molecule has 3 N–H and O–H groups in total. The third kappa shape index (κ3) is 3.73. The predicted octanol–water partition coefficient (Wildman–Crippen LogP) is 3.49. The van der Waals surface area contributed by atoms with Crippen molar-refractivity contribution in [2.75, 3.05) is 6.54 Å². The van der Waals surface area contributed by atoms with Crippen LogP contribution in [0.4, 0.5) is 0 Å². The second-order valence-corrected chi connectivity index (χ2v) is 8.14. The third-order valence-corrected chi connectivity index (χ3v) is 6.43. The number of primary amides is 1. The monoisotopic (exact) mass is 393 g/mol. The minimum absolute atomic E-state index is 0.0193. The molecule has 6 heteroatoms. The van der Waals surface area contributed by atoms with Crippen LogP contribution in [-0.2, 0) is 19.3 Å². The number of carbonyl (C=O) groups excluding carboxylic acids is 2. The number of thiophene rings is 1. The Labute approximate surface area is 168 Å². The van der Waals surface area contributed by atoms with Crippen molar-refractivity contribution in [2.24, 2.45) is 5.73 Å². The smallest absolute Gasteiger partial charge is 0.254 e.